The Morgan fingerprint density at radius 1 is 1.12 bits per heavy atom. The molecule has 1 N–H and O–H groups in total. The van der Waals surface area contributed by atoms with Crippen LogP contribution in [0.5, 0.6) is 0 Å². The highest BCUT2D eigenvalue weighted by Crippen LogP contribution is 2.26. The molecule has 0 saturated carbocycles. The van der Waals surface area contributed by atoms with Crippen LogP contribution in [0.2, 0.25) is 5.02 Å². The van der Waals surface area contributed by atoms with Gasteiger partial charge in [-0.25, -0.2) is 4.79 Å². The maximum atomic E-state index is 12.4. The Labute approximate surface area is 148 Å². The van der Waals surface area contributed by atoms with E-state index in [9.17, 15) is 4.79 Å². The summed E-state index contributed by atoms with van der Waals surface area (Å²) in [7, 11) is 1.80. The zero-order valence-corrected chi connectivity index (χ0v) is 14.6. The molecule has 24 heavy (non-hydrogen) atoms. The van der Waals surface area contributed by atoms with E-state index in [1.807, 2.05) is 18.2 Å². The van der Waals surface area contributed by atoms with Crippen LogP contribution in [0.25, 0.3) is 0 Å². The number of urea groups is 1. The topological polar surface area (TPSA) is 35.6 Å². The zero-order valence-electron chi connectivity index (χ0n) is 13.8. The van der Waals surface area contributed by atoms with Gasteiger partial charge in [0.15, 0.2) is 0 Å². The predicted molar refractivity (Wildman–Crippen MR) is 99.8 cm³/mol. The van der Waals surface area contributed by atoms with Gasteiger partial charge >= 0.3 is 6.03 Å². The van der Waals surface area contributed by atoms with Crippen molar-refractivity contribution in [1.29, 1.82) is 0 Å². The lowest BCUT2D eigenvalue weighted by Gasteiger charge is -2.24. The maximum Gasteiger partial charge on any atom is 0.321 e. The number of hydrogen-bond donors (Lipinski definition) is 1. The van der Waals surface area contributed by atoms with E-state index in [1.165, 1.54) is 18.5 Å². The van der Waals surface area contributed by atoms with Crippen LogP contribution >= 0.6 is 11.6 Å². The summed E-state index contributed by atoms with van der Waals surface area (Å²) in [4.78, 5) is 16.5. The van der Waals surface area contributed by atoms with Gasteiger partial charge in [0.1, 0.15) is 0 Å². The number of para-hydroxylation sites is 2. The number of nitrogens with zero attached hydrogens (tertiary/aromatic N) is 2. The van der Waals surface area contributed by atoms with Gasteiger partial charge < -0.3 is 15.1 Å². The summed E-state index contributed by atoms with van der Waals surface area (Å²) < 4.78 is 0. The van der Waals surface area contributed by atoms with Crippen LogP contribution < -0.4 is 10.2 Å². The number of nitrogens with one attached hydrogen (secondary N) is 1. The molecule has 2 amide bonds. The largest absolute Gasteiger partial charge is 0.371 e. The monoisotopic (exact) mass is 343 g/mol. The normalized spacial score (nSPS) is 13.8. The smallest absolute Gasteiger partial charge is 0.321 e. The van der Waals surface area contributed by atoms with Crippen molar-refractivity contribution in [2.24, 2.45) is 0 Å². The van der Waals surface area contributed by atoms with Gasteiger partial charge in [-0.3, -0.25) is 0 Å². The Hall–Kier alpha value is -2.20. The third kappa shape index (κ3) is 3.82. The van der Waals surface area contributed by atoms with Crippen molar-refractivity contribution < 1.29 is 4.79 Å². The Morgan fingerprint density at radius 3 is 2.54 bits per heavy atom. The van der Waals surface area contributed by atoms with Crippen LogP contribution in [0.3, 0.4) is 0 Å². The van der Waals surface area contributed by atoms with Crippen LogP contribution in [-0.4, -0.2) is 31.1 Å². The van der Waals surface area contributed by atoms with Crippen molar-refractivity contribution in [3.05, 3.63) is 59.1 Å². The SMILES string of the molecule is CN(Cc1ccccc1N1CCCC1)C(=O)Nc1ccccc1Cl. The second kappa shape index (κ2) is 7.58. The molecule has 1 heterocycles. The Bertz CT molecular complexity index is 713. The van der Waals surface area contributed by atoms with Gasteiger partial charge in [-0.05, 0) is 36.6 Å². The van der Waals surface area contributed by atoms with Crippen LogP contribution in [0, 0.1) is 0 Å². The second-order valence-corrected chi connectivity index (χ2v) is 6.50. The van der Waals surface area contributed by atoms with Crippen molar-refractivity contribution in [3.8, 4) is 0 Å². The van der Waals surface area contributed by atoms with Crippen molar-refractivity contribution in [2.75, 3.05) is 30.4 Å². The number of anilines is 2. The fraction of sp³-hybridized carbons (Fsp3) is 0.316. The van der Waals surface area contributed by atoms with E-state index < -0.39 is 0 Å². The maximum absolute atomic E-state index is 12.4. The third-order valence-corrected chi connectivity index (χ3v) is 4.64. The number of rotatable bonds is 4. The van der Waals surface area contributed by atoms with Crippen LogP contribution in [0.1, 0.15) is 18.4 Å². The predicted octanol–water partition coefficient (Wildman–Crippen LogP) is 4.60. The van der Waals surface area contributed by atoms with Gasteiger partial charge in [0.05, 0.1) is 10.7 Å². The average molecular weight is 344 g/mol. The standard InChI is InChI=1S/C19H22ClN3O/c1-22(19(24)21-17-10-4-3-9-16(17)20)14-15-8-2-5-11-18(15)23-12-6-7-13-23/h2-5,8-11H,6-7,12-14H2,1H3,(H,21,24). The summed E-state index contributed by atoms with van der Waals surface area (Å²) >= 11 is 6.10. The van der Waals surface area contributed by atoms with Crippen LogP contribution in [0.15, 0.2) is 48.5 Å². The number of carbonyl (C=O) groups is 1. The first kappa shape index (κ1) is 16.7. The van der Waals surface area contributed by atoms with E-state index in [4.69, 9.17) is 11.6 Å². The van der Waals surface area contributed by atoms with Gasteiger partial charge in [-0.1, -0.05) is 41.9 Å². The van der Waals surface area contributed by atoms with Crippen molar-refractivity contribution >= 4 is 29.0 Å². The van der Waals surface area contributed by atoms with Crippen molar-refractivity contribution in [3.63, 3.8) is 0 Å². The van der Waals surface area contributed by atoms with Crippen LogP contribution in [-0.2, 0) is 6.54 Å². The van der Waals surface area contributed by atoms with E-state index in [0.29, 0.717) is 17.3 Å². The van der Waals surface area contributed by atoms with Crippen molar-refractivity contribution in [1.82, 2.24) is 4.90 Å². The number of hydrogen-bond acceptors (Lipinski definition) is 2. The molecule has 0 spiro atoms. The fourth-order valence-corrected chi connectivity index (χ4v) is 3.19. The van der Waals surface area contributed by atoms with E-state index in [1.54, 1.807) is 24.1 Å². The van der Waals surface area contributed by atoms with E-state index in [0.717, 1.165) is 18.7 Å². The minimum atomic E-state index is -0.167. The molecular formula is C19H22ClN3O. The van der Waals surface area contributed by atoms with Gasteiger partial charge in [0, 0.05) is 32.4 Å². The van der Waals surface area contributed by atoms with Crippen molar-refractivity contribution in [2.45, 2.75) is 19.4 Å². The van der Waals surface area contributed by atoms with Gasteiger partial charge in [-0.2, -0.15) is 0 Å². The summed E-state index contributed by atoms with van der Waals surface area (Å²) in [6.45, 7) is 2.74. The first-order valence-corrected chi connectivity index (χ1v) is 8.62. The molecule has 1 fully saturated rings. The molecule has 0 radical (unpaired) electrons. The number of halogens is 1. The molecule has 0 aromatic heterocycles. The van der Waals surface area contributed by atoms with Gasteiger partial charge in [0.2, 0.25) is 0 Å². The fourth-order valence-electron chi connectivity index (χ4n) is 3.01. The summed E-state index contributed by atoms with van der Waals surface area (Å²) in [5, 5.41) is 3.40. The number of benzene rings is 2. The lowest BCUT2D eigenvalue weighted by molar-refractivity contribution is 0.220. The summed E-state index contributed by atoms with van der Waals surface area (Å²) in [5.74, 6) is 0. The minimum Gasteiger partial charge on any atom is -0.371 e. The summed E-state index contributed by atoms with van der Waals surface area (Å²) in [6.07, 6.45) is 2.47. The lowest BCUT2D eigenvalue weighted by Crippen LogP contribution is -2.31. The van der Waals surface area contributed by atoms with Gasteiger partial charge in [-0.15, -0.1) is 0 Å². The molecule has 5 heteroatoms. The molecule has 0 aliphatic carbocycles. The lowest BCUT2D eigenvalue weighted by atomic mass is 10.1. The Kier molecular flexibility index (Phi) is 5.26. The average Bonchev–Trinajstić information content (AvgIpc) is 3.11. The number of carbonyl (C=O) groups excluding carboxylic acids is 1. The van der Waals surface area contributed by atoms with Crippen LogP contribution in [0.4, 0.5) is 16.2 Å². The molecule has 0 bridgehead atoms. The molecule has 1 aliphatic rings. The highest BCUT2D eigenvalue weighted by atomic mass is 35.5. The van der Waals surface area contributed by atoms with E-state index in [-0.39, 0.29) is 6.03 Å². The molecule has 126 valence electrons. The second-order valence-electron chi connectivity index (χ2n) is 6.09. The van der Waals surface area contributed by atoms with E-state index in [2.05, 4.69) is 28.4 Å². The molecule has 0 atom stereocenters. The minimum absolute atomic E-state index is 0.167. The molecule has 3 rings (SSSR count). The van der Waals surface area contributed by atoms with E-state index >= 15 is 0 Å². The summed E-state index contributed by atoms with van der Waals surface area (Å²) in [5.41, 5.74) is 3.02. The molecule has 1 aliphatic heterocycles. The summed E-state index contributed by atoms with van der Waals surface area (Å²) in [6, 6.07) is 15.4. The third-order valence-electron chi connectivity index (χ3n) is 4.31. The van der Waals surface area contributed by atoms with Gasteiger partial charge in [0.25, 0.3) is 0 Å². The molecular weight excluding hydrogens is 322 g/mol. The molecule has 2 aromatic carbocycles. The zero-order chi connectivity index (χ0) is 16.9. The first-order chi connectivity index (χ1) is 11.6. The Balaban J connectivity index is 1.69. The molecule has 2 aromatic rings. The highest BCUT2D eigenvalue weighted by Gasteiger charge is 2.18. The first-order valence-electron chi connectivity index (χ1n) is 8.24. The molecule has 0 unspecified atom stereocenters. The molecule has 4 nitrogen and oxygen atoms in total. The molecule has 1 saturated heterocycles. The number of amides is 2. The quantitative estimate of drug-likeness (QED) is 0.880. The highest BCUT2D eigenvalue weighted by molar-refractivity contribution is 6.33. The Morgan fingerprint density at radius 2 is 1.79 bits per heavy atom.